The fourth-order valence-electron chi connectivity index (χ4n) is 2.77. The van der Waals surface area contributed by atoms with Crippen LogP contribution in [0.25, 0.3) is 0 Å². The molecule has 1 aromatic rings. The van der Waals surface area contributed by atoms with E-state index in [1.54, 1.807) is 26.0 Å². The molecule has 2 rings (SSSR count). The zero-order valence-electron chi connectivity index (χ0n) is 12.9. The van der Waals surface area contributed by atoms with Crippen molar-refractivity contribution in [3.05, 3.63) is 23.8 Å². The lowest BCUT2D eigenvalue weighted by molar-refractivity contribution is 0.354. The smallest absolute Gasteiger partial charge is 0.243 e. The Morgan fingerprint density at radius 3 is 2.50 bits per heavy atom. The molecule has 8 heteroatoms. The zero-order valence-corrected chi connectivity index (χ0v) is 14.6. The Balaban J connectivity index is 2.37. The van der Waals surface area contributed by atoms with Gasteiger partial charge >= 0.3 is 0 Å². The van der Waals surface area contributed by atoms with E-state index in [0.717, 1.165) is 5.56 Å². The van der Waals surface area contributed by atoms with Crippen molar-refractivity contribution in [3.63, 3.8) is 0 Å². The third kappa shape index (κ3) is 3.28. The molecule has 0 radical (unpaired) electrons. The van der Waals surface area contributed by atoms with Gasteiger partial charge < -0.3 is 4.74 Å². The average Bonchev–Trinajstić information content (AvgIpc) is 2.79. The van der Waals surface area contributed by atoms with Gasteiger partial charge in [-0.25, -0.2) is 16.8 Å². The Labute approximate surface area is 132 Å². The highest BCUT2D eigenvalue weighted by molar-refractivity contribution is 7.92. The van der Waals surface area contributed by atoms with E-state index < -0.39 is 25.9 Å². The van der Waals surface area contributed by atoms with Crippen molar-refractivity contribution in [2.75, 3.05) is 25.2 Å². The van der Waals surface area contributed by atoms with Crippen LogP contribution in [-0.4, -0.2) is 52.3 Å². The molecule has 1 aromatic carbocycles. The summed E-state index contributed by atoms with van der Waals surface area (Å²) < 4.78 is 55.3. The Hall–Kier alpha value is -1.12. The van der Waals surface area contributed by atoms with E-state index in [2.05, 4.69) is 0 Å². The van der Waals surface area contributed by atoms with Crippen LogP contribution in [0.1, 0.15) is 18.9 Å². The van der Waals surface area contributed by atoms with Crippen LogP contribution in [-0.2, 0) is 19.9 Å². The molecule has 0 N–H and O–H groups in total. The second-order valence-electron chi connectivity index (χ2n) is 5.40. The lowest BCUT2D eigenvalue weighted by Gasteiger charge is -2.26. The minimum atomic E-state index is -3.72. The molecule has 6 nitrogen and oxygen atoms in total. The van der Waals surface area contributed by atoms with Crippen molar-refractivity contribution < 1.29 is 21.6 Å². The quantitative estimate of drug-likeness (QED) is 0.799. The van der Waals surface area contributed by atoms with Crippen LogP contribution < -0.4 is 4.74 Å². The Morgan fingerprint density at radius 2 is 2.05 bits per heavy atom. The first-order chi connectivity index (χ1) is 10.2. The number of benzene rings is 1. The van der Waals surface area contributed by atoms with Crippen LogP contribution in [0.3, 0.4) is 0 Å². The molecule has 0 saturated carbocycles. The summed E-state index contributed by atoms with van der Waals surface area (Å²) in [5.41, 5.74) is 0.721. The van der Waals surface area contributed by atoms with Gasteiger partial charge in [-0.2, -0.15) is 4.31 Å². The van der Waals surface area contributed by atoms with Gasteiger partial charge in [-0.05, 0) is 37.1 Å². The van der Waals surface area contributed by atoms with Crippen LogP contribution in [0.4, 0.5) is 0 Å². The number of ether oxygens (including phenoxy) is 1. The standard InChI is InChI=1S/C14H21NO5S2/c1-4-15(12-7-8-21(16,17)10-12)22(18,19)13-5-6-14(20-3)11(2)9-13/h5-6,9,12H,4,7-8,10H2,1-3H3/t12-/m1/s1. The fraction of sp³-hybridized carbons (Fsp3) is 0.571. The average molecular weight is 347 g/mol. The number of sulfone groups is 1. The van der Waals surface area contributed by atoms with Crippen molar-refractivity contribution in [2.45, 2.75) is 31.2 Å². The molecule has 1 fully saturated rings. The number of aryl methyl sites for hydroxylation is 1. The normalized spacial score (nSPS) is 21.2. The maximum absolute atomic E-state index is 12.8. The van der Waals surface area contributed by atoms with E-state index in [1.165, 1.54) is 17.5 Å². The topological polar surface area (TPSA) is 80.8 Å². The molecule has 0 spiro atoms. The van der Waals surface area contributed by atoms with E-state index in [1.807, 2.05) is 0 Å². The summed E-state index contributed by atoms with van der Waals surface area (Å²) >= 11 is 0. The van der Waals surface area contributed by atoms with E-state index in [9.17, 15) is 16.8 Å². The van der Waals surface area contributed by atoms with Crippen LogP contribution in [0.2, 0.25) is 0 Å². The molecule has 124 valence electrons. The van der Waals surface area contributed by atoms with Crippen LogP contribution >= 0.6 is 0 Å². The highest BCUT2D eigenvalue weighted by Crippen LogP contribution is 2.27. The summed E-state index contributed by atoms with van der Waals surface area (Å²) in [6.07, 6.45) is 0.352. The molecule has 0 unspecified atom stereocenters. The lowest BCUT2D eigenvalue weighted by Crippen LogP contribution is -2.40. The maximum atomic E-state index is 12.8. The minimum Gasteiger partial charge on any atom is -0.496 e. The molecule has 0 bridgehead atoms. The van der Waals surface area contributed by atoms with E-state index >= 15 is 0 Å². The van der Waals surface area contributed by atoms with Crippen molar-refractivity contribution in [2.24, 2.45) is 0 Å². The van der Waals surface area contributed by atoms with Gasteiger partial charge in [-0.15, -0.1) is 0 Å². The van der Waals surface area contributed by atoms with Crippen molar-refractivity contribution >= 4 is 19.9 Å². The molecular weight excluding hydrogens is 326 g/mol. The summed E-state index contributed by atoms with van der Waals surface area (Å²) in [5.74, 6) is 0.561. The van der Waals surface area contributed by atoms with Crippen LogP contribution in [0.15, 0.2) is 23.1 Å². The van der Waals surface area contributed by atoms with Crippen molar-refractivity contribution in [3.8, 4) is 5.75 Å². The lowest BCUT2D eigenvalue weighted by atomic mass is 10.2. The fourth-order valence-corrected chi connectivity index (χ4v) is 6.35. The van der Waals surface area contributed by atoms with Gasteiger partial charge in [0.05, 0.1) is 23.5 Å². The summed E-state index contributed by atoms with van der Waals surface area (Å²) in [4.78, 5) is 0.164. The number of rotatable bonds is 5. The van der Waals surface area contributed by atoms with Gasteiger partial charge in [0, 0.05) is 12.6 Å². The molecule has 1 heterocycles. The van der Waals surface area contributed by atoms with Gasteiger partial charge in [0.2, 0.25) is 10.0 Å². The van der Waals surface area contributed by atoms with E-state index in [0.29, 0.717) is 12.2 Å². The highest BCUT2D eigenvalue weighted by atomic mass is 32.2. The maximum Gasteiger partial charge on any atom is 0.243 e. The first-order valence-corrected chi connectivity index (χ1v) is 10.3. The molecule has 0 aromatic heterocycles. The first-order valence-electron chi connectivity index (χ1n) is 7.08. The SMILES string of the molecule is CCN([C@@H]1CCS(=O)(=O)C1)S(=O)(=O)c1ccc(OC)c(C)c1. The largest absolute Gasteiger partial charge is 0.496 e. The third-order valence-electron chi connectivity index (χ3n) is 3.90. The van der Waals surface area contributed by atoms with Crippen LogP contribution in [0, 0.1) is 6.92 Å². The number of methoxy groups -OCH3 is 1. The molecular formula is C14H21NO5S2. The van der Waals surface area contributed by atoms with Crippen molar-refractivity contribution in [1.29, 1.82) is 0 Å². The van der Waals surface area contributed by atoms with Gasteiger partial charge in [-0.1, -0.05) is 6.92 Å². The Morgan fingerprint density at radius 1 is 1.36 bits per heavy atom. The van der Waals surface area contributed by atoms with Crippen molar-refractivity contribution in [1.82, 2.24) is 4.31 Å². The van der Waals surface area contributed by atoms with E-state index in [4.69, 9.17) is 4.74 Å². The van der Waals surface area contributed by atoms with Gasteiger partial charge in [0.25, 0.3) is 0 Å². The molecule has 22 heavy (non-hydrogen) atoms. The van der Waals surface area contributed by atoms with Gasteiger partial charge in [0.15, 0.2) is 9.84 Å². The third-order valence-corrected chi connectivity index (χ3v) is 7.67. The summed E-state index contributed by atoms with van der Waals surface area (Å²) in [5, 5.41) is 0. The minimum absolute atomic E-state index is 0.0470. The highest BCUT2D eigenvalue weighted by Gasteiger charge is 2.37. The van der Waals surface area contributed by atoms with E-state index in [-0.39, 0.29) is 22.9 Å². The molecule has 1 aliphatic heterocycles. The Bertz CT molecular complexity index is 755. The van der Waals surface area contributed by atoms with Gasteiger partial charge in [0.1, 0.15) is 5.75 Å². The summed E-state index contributed by atoms with van der Waals surface area (Å²) in [6, 6.07) is 4.18. The van der Waals surface area contributed by atoms with Gasteiger partial charge in [-0.3, -0.25) is 0 Å². The number of hydrogen-bond acceptors (Lipinski definition) is 5. The second-order valence-corrected chi connectivity index (χ2v) is 9.52. The number of sulfonamides is 1. The Kier molecular flexibility index (Phi) is 4.84. The summed E-state index contributed by atoms with van der Waals surface area (Å²) in [6.45, 7) is 3.74. The number of nitrogens with zero attached hydrogens (tertiary/aromatic N) is 1. The second kappa shape index (κ2) is 6.17. The molecule has 1 atom stereocenters. The van der Waals surface area contributed by atoms with Crippen LogP contribution in [0.5, 0.6) is 5.75 Å². The zero-order chi connectivity index (χ0) is 16.5. The predicted molar refractivity (Wildman–Crippen MR) is 84.4 cm³/mol. The first kappa shape index (κ1) is 17.2. The molecule has 1 saturated heterocycles. The summed E-state index contributed by atoms with van der Waals surface area (Å²) in [7, 11) is -5.33. The molecule has 1 aliphatic rings. The monoisotopic (exact) mass is 347 g/mol. The molecule has 0 aliphatic carbocycles. The predicted octanol–water partition coefficient (Wildman–Crippen LogP) is 1.20. The number of hydrogen-bond donors (Lipinski definition) is 0. The molecule has 0 amide bonds.